The van der Waals surface area contributed by atoms with E-state index in [0.717, 1.165) is 4.47 Å². The molecule has 27 heavy (non-hydrogen) atoms. The normalized spacial score (nSPS) is 11.4. The summed E-state index contributed by atoms with van der Waals surface area (Å²) in [4.78, 5) is 28.7. The fraction of sp³-hybridized carbons (Fsp3) is 0.250. The zero-order chi connectivity index (χ0) is 19.6. The molecule has 0 saturated carbocycles. The topological polar surface area (TPSA) is 84.2 Å². The fourth-order valence-corrected chi connectivity index (χ4v) is 2.82. The first-order valence-electron chi connectivity index (χ1n) is 8.47. The van der Waals surface area contributed by atoms with E-state index in [9.17, 15) is 9.59 Å². The molecule has 0 atom stereocenters. The standard InChI is InChI=1S/C20H20BrN3O3/c1-20(2,3)19-24-15-10-14(7-8-16(15)27-19)23-17(25)11-22-18(26)12-5-4-6-13(21)9-12/h4-10H,11H2,1-3H3,(H,22,26)(H,23,25). The van der Waals surface area contributed by atoms with Crippen molar-refractivity contribution in [1.29, 1.82) is 0 Å². The Morgan fingerprint density at radius 2 is 1.93 bits per heavy atom. The first kappa shape index (κ1) is 19.1. The quantitative estimate of drug-likeness (QED) is 0.648. The molecule has 0 fully saturated rings. The molecule has 1 aromatic heterocycles. The molecule has 0 aliphatic carbocycles. The van der Waals surface area contributed by atoms with Crippen LogP contribution in [0, 0.1) is 0 Å². The van der Waals surface area contributed by atoms with Gasteiger partial charge in [0.25, 0.3) is 5.91 Å². The molecule has 0 unspecified atom stereocenters. The third kappa shape index (κ3) is 4.74. The molecule has 6 nitrogen and oxygen atoms in total. The van der Waals surface area contributed by atoms with Crippen LogP contribution in [-0.2, 0) is 10.2 Å². The van der Waals surface area contributed by atoms with E-state index >= 15 is 0 Å². The number of carbonyl (C=O) groups excluding carboxylic acids is 2. The molecular weight excluding hydrogens is 410 g/mol. The summed E-state index contributed by atoms with van der Waals surface area (Å²) < 4.78 is 6.55. The summed E-state index contributed by atoms with van der Waals surface area (Å²) in [7, 11) is 0. The number of fused-ring (bicyclic) bond motifs is 1. The predicted octanol–water partition coefficient (Wildman–Crippen LogP) is 4.26. The van der Waals surface area contributed by atoms with Gasteiger partial charge in [0.1, 0.15) is 5.52 Å². The van der Waals surface area contributed by atoms with Gasteiger partial charge in [0.15, 0.2) is 5.58 Å². The lowest BCUT2D eigenvalue weighted by Gasteiger charge is -2.11. The Balaban J connectivity index is 1.63. The number of benzene rings is 2. The second kappa shape index (κ2) is 7.52. The molecule has 2 amide bonds. The summed E-state index contributed by atoms with van der Waals surface area (Å²) in [6.07, 6.45) is 0. The van der Waals surface area contributed by atoms with Gasteiger partial charge in [0, 0.05) is 21.1 Å². The molecule has 7 heteroatoms. The van der Waals surface area contributed by atoms with Gasteiger partial charge in [-0.15, -0.1) is 0 Å². The minimum absolute atomic E-state index is 0.130. The van der Waals surface area contributed by atoms with Crippen molar-refractivity contribution < 1.29 is 14.0 Å². The zero-order valence-corrected chi connectivity index (χ0v) is 16.9. The SMILES string of the molecule is CC(C)(C)c1nc2cc(NC(=O)CNC(=O)c3cccc(Br)c3)ccc2o1. The third-order valence-corrected chi connectivity index (χ3v) is 4.30. The van der Waals surface area contributed by atoms with Gasteiger partial charge in [0.2, 0.25) is 11.8 Å². The van der Waals surface area contributed by atoms with Crippen LogP contribution in [0.25, 0.3) is 11.1 Å². The van der Waals surface area contributed by atoms with Crippen LogP contribution >= 0.6 is 15.9 Å². The highest BCUT2D eigenvalue weighted by Crippen LogP contribution is 2.27. The zero-order valence-electron chi connectivity index (χ0n) is 15.3. The molecule has 3 rings (SSSR count). The Morgan fingerprint density at radius 1 is 1.15 bits per heavy atom. The van der Waals surface area contributed by atoms with E-state index in [4.69, 9.17) is 4.42 Å². The maximum Gasteiger partial charge on any atom is 0.251 e. The number of halogens is 1. The molecule has 0 radical (unpaired) electrons. The van der Waals surface area contributed by atoms with Crippen LogP contribution in [0.3, 0.4) is 0 Å². The molecule has 3 aromatic rings. The number of amides is 2. The largest absolute Gasteiger partial charge is 0.440 e. The molecule has 2 N–H and O–H groups in total. The highest BCUT2D eigenvalue weighted by molar-refractivity contribution is 9.10. The van der Waals surface area contributed by atoms with Crippen molar-refractivity contribution in [3.8, 4) is 0 Å². The molecule has 0 spiro atoms. The van der Waals surface area contributed by atoms with Crippen LogP contribution in [0.15, 0.2) is 51.4 Å². The van der Waals surface area contributed by atoms with Crippen molar-refractivity contribution in [2.45, 2.75) is 26.2 Å². The lowest BCUT2D eigenvalue weighted by atomic mass is 9.97. The molecule has 140 valence electrons. The average molecular weight is 430 g/mol. The minimum Gasteiger partial charge on any atom is -0.440 e. The highest BCUT2D eigenvalue weighted by Gasteiger charge is 2.21. The summed E-state index contributed by atoms with van der Waals surface area (Å²) >= 11 is 3.32. The molecule has 0 saturated heterocycles. The van der Waals surface area contributed by atoms with Gasteiger partial charge in [-0.2, -0.15) is 0 Å². The van der Waals surface area contributed by atoms with Crippen LogP contribution in [0.1, 0.15) is 37.0 Å². The van der Waals surface area contributed by atoms with Crippen LogP contribution < -0.4 is 10.6 Å². The van der Waals surface area contributed by atoms with E-state index in [0.29, 0.717) is 28.2 Å². The summed E-state index contributed by atoms with van der Waals surface area (Å²) in [5.41, 5.74) is 2.23. The Kier molecular flexibility index (Phi) is 5.32. The number of carbonyl (C=O) groups is 2. The average Bonchev–Trinajstić information content (AvgIpc) is 3.03. The Labute approximate surface area is 165 Å². The van der Waals surface area contributed by atoms with Crippen molar-refractivity contribution >= 4 is 44.5 Å². The van der Waals surface area contributed by atoms with E-state index in [1.54, 1.807) is 36.4 Å². The number of anilines is 1. The van der Waals surface area contributed by atoms with Gasteiger partial charge < -0.3 is 15.1 Å². The maximum absolute atomic E-state index is 12.1. The number of nitrogens with zero attached hydrogens (tertiary/aromatic N) is 1. The van der Waals surface area contributed by atoms with E-state index in [-0.39, 0.29) is 23.8 Å². The van der Waals surface area contributed by atoms with Crippen LogP contribution in [-0.4, -0.2) is 23.3 Å². The predicted molar refractivity (Wildman–Crippen MR) is 108 cm³/mol. The van der Waals surface area contributed by atoms with Gasteiger partial charge in [-0.1, -0.05) is 42.8 Å². The van der Waals surface area contributed by atoms with Crippen molar-refractivity contribution in [2.24, 2.45) is 0 Å². The van der Waals surface area contributed by atoms with Gasteiger partial charge >= 0.3 is 0 Å². The summed E-state index contributed by atoms with van der Waals surface area (Å²) in [5.74, 6) is 0.00715. The maximum atomic E-state index is 12.1. The van der Waals surface area contributed by atoms with Gasteiger partial charge in [0.05, 0.1) is 6.54 Å². The molecule has 0 aliphatic heterocycles. The lowest BCUT2D eigenvalue weighted by molar-refractivity contribution is -0.115. The second-order valence-electron chi connectivity index (χ2n) is 7.19. The summed E-state index contributed by atoms with van der Waals surface area (Å²) in [6, 6.07) is 12.2. The Bertz CT molecular complexity index is 1010. The third-order valence-electron chi connectivity index (χ3n) is 3.81. The van der Waals surface area contributed by atoms with Gasteiger partial charge in [-0.05, 0) is 36.4 Å². The van der Waals surface area contributed by atoms with Gasteiger partial charge in [-0.25, -0.2) is 4.98 Å². The number of hydrogen-bond acceptors (Lipinski definition) is 4. The number of nitrogens with one attached hydrogen (secondary N) is 2. The second-order valence-corrected chi connectivity index (χ2v) is 8.11. The van der Waals surface area contributed by atoms with E-state index in [1.165, 1.54) is 0 Å². The summed E-state index contributed by atoms with van der Waals surface area (Å²) in [5, 5.41) is 5.36. The van der Waals surface area contributed by atoms with Crippen molar-refractivity contribution in [3.05, 3.63) is 58.4 Å². The van der Waals surface area contributed by atoms with Crippen LogP contribution in [0.5, 0.6) is 0 Å². The fourth-order valence-electron chi connectivity index (χ4n) is 2.42. The molecular formula is C20H20BrN3O3. The van der Waals surface area contributed by atoms with E-state index in [2.05, 4.69) is 31.5 Å². The monoisotopic (exact) mass is 429 g/mol. The number of hydrogen-bond donors (Lipinski definition) is 2. The number of rotatable bonds is 4. The molecule has 2 aromatic carbocycles. The Morgan fingerprint density at radius 3 is 2.63 bits per heavy atom. The molecule has 1 heterocycles. The molecule has 0 aliphatic rings. The van der Waals surface area contributed by atoms with Crippen LogP contribution in [0.4, 0.5) is 5.69 Å². The first-order valence-corrected chi connectivity index (χ1v) is 9.26. The first-order chi connectivity index (χ1) is 12.7. The van der Waals surface area contributed by atoms with Crippen molar-refractivity contribution in [1.82, 2.24) is 10.3 Å². The van der Waals surface area contributed by atoms with Gasteiger partial charge in [-0.3, -0.25) is 9.59 Å². The highest BCUT2D eigenvalue weighted by atomic mass is 79.9. The summed E-state index contributed by atoms with van der Waals surface area (Å²) in [6.45, 7) is 5.94. The Hall–Kier alpha value is -2.67. The number of aromatic nitrogens is 1. The van der Waals surface area contributed by atoms with Crippen molar-refractivity contribution in [3.63, 3.8) is 0 Å². The van der Waals surface area contributed by atoms with E-state index in [1.807, 2.05) is 26.8 Å². The smallest absolute Gasteiger partial charge is 0.251 e. The van der Waals surface area contributed by atoms with Crippen molar-refractivity contribution in [2.75, 3.05) is 11.9 Å². The van der Waals surface area contributed by atoms with Crippen LogP contribution in [0.2, 0.25) is 0 Å². The van der Waals surface area contributed by atoms with E-state index < -0.39 is 0 Å². The molecule has 0 bridgehead atoms. The lowest BCUT2D eigenvalue weighted by Crippen LogP contribution is -2.32. The minimum atomic E-state index is -0.322. The number of oxazole rings is 1.